The molecule has 4 rings (SSSR count). The van der Waals surface area contributed by atoms with Gasteiger partial charge in [-0.25, -0.2) is 4.98 Å². The number of hydrogen-bond acceptors (Lipinski definition) is 6. The van der Waals surface area contributed by atoms with E-state index < -0.39 is 11.2 Å². The quantitative estimate of drug-likeness (QED) is 0.388. The number of thioether (sulfide) groups is 1. The van der Waals surface area contributed by atoms with E-state index in [1.807, 2.05) is 24.3 Å². The van der Waals surface area contributed by atoms with Crippen molar-refractivity contribution in [3.63, 3.8) is 0 Å². The van der Waals surface area contributed by atoms with E-state index >= 15 is 0 Å². The van der Waals surface area contributed by atoms with Gasteiger partial charge in [-0.2, -0.15) is 4.52 Å². The van der Waals surface area contributed by atoms with Crippen LogP contribution in [0.3, 0.4) is 0 Å². The number of aromatic nitrogens is 5. The third-order valence-electron chi connectivity index (χ3n) is 3.96. The number of aliphatic carboxylic acids is 1. The molecule has 136 valence electrons. The van der Waals surface area contributed by atoms with Crippen LogP contribution >= 0.6 is 35.0 Å². The molecule has 2 aromatic carbocycles. The Morgan fingerprint density at radius 2 is 2.04 bits per heavy atom. The number of carbonyl (C=O) groups is 1. The van der Waals surface area contributed by atoms with E-state index in [4.69, 9.17) is 23.2 Å². The van der Waals surface area contributed by atoms with Gasteiger partial charge in [-0.05, 0) is 46.7 Å². The van der Waals surface area contributed by atoms with Crippen molar-refractivity contribution in [2.75, 3.05) is 0 Å². The summed E-state index contributed by atoms with van der Waals surface area (Å²) >= 11 is 13.2. The number of tetrazole rings is 1. The standard InChI is InChI=1S/C17H11Cl2N5O2S/c18-10-6-5-9(12(19)8-10)7-14(16(25)26)27-17-20-13-4-2-1-3-11(13)15-21-22-23-24(15)17/h1-6,8,14H,7H2,(H,25,26)/t14-/m0/s1. The first-order valence-corrected chi connectivity index (χ1v) is 9.46. The smallest absolute Gasteiger partial charge is 0.317 e. The van der Waals surface area contributed by atoms with Crippen LogP contribution in [0, 0.1) is 0 Å². The Kier molecular flexibility index (Phi) is 4.86. The second kappa shape index (κ2) is 7.30. The zero-order valence-electron chi connectivity index (χ0n) is 13.6. The third kappa shape index (κ3) is 3.55. The number of fused-ring (bicyclic) bond motifs is 3. The Balaban J connectivity index is 1.73. The number of hydrogen-bond donors (Lipinski definition) is 1. The van der Waals surface area contributed by atoms with Gasteiger partial charge in [-0.15, -0.1) is 5.10 Å². The van der Waals surface area contributed by atoms with Gasteiger partial charge in [0.1, 0.15) is 5.25 Å². The molecule has 1 atom stereocenters. The topological polar surface area (TPSA) is 93.3 Å². The lowest BCUT2D eigenvalue weighted by Crippen LogP contribution is -2.20. The van der Waals surface area contributed by atoms with Crippen molar-refractivity contribution >= 4 is 57.5 Å². The van der Waals surface area contributed by atoms with E-state index in [-0.39, 0.29) is 6.42 Å². The normalized spacial score (nSPS) is 12.5. The van der Waals surface area contributed by atoms with Crippen molar-refractivity contribution in [1.29, 1.82) is 0 Å². The zero-order valence-corrected chi connectivity index (χ0v) is 15.9. The number of carboxylic acid groups (broad SMARTS) is 1. The highest BCUT2D eigenvalue weighted by atomic mass is 35.5. The van der Waals surface area contributed by atoms with E-state index in [1.165, 1.54) is 4.52 Å². The Morgan fingerprint density at radius 3 is 2.81 bits per heavy atom. The first-order chi connectivity index (χ1) is 13.0. The van der Waals surface area contributed by atoms with Crippen molar-refractivity contribution in [3.8, 4) is 0 Å². The van der Waals surface area contributed by atoms with Crippen LogP contribution in [0.25, 0.3) is 16.6 Å². The summed E-state index contributed by atoms with van der Waals surface area (Å²) in [5.74, 6) is -0.984. The van der Waals surface area contributed by atoms with Crippen LogP contribution in [0.5, 0.6) is 0 Å². The van der Waals surface area contributed by atoms with Crippen molar-refractivity contribution in [2.24, 2.45) is 0 Å². The van der Waals surface area contributed by atoms with E-state index in [1.54, 1.807) is 18.2 Å². The molecule has 0 aliphatic carbocycles. The Hall–Kier alpha value is -2.42. The second-order valence-electron chi connectivity index (χ2n) is 5.71. The first-order valence-electron chi connectivity index (χ1n) is 7.83. The zero-order chi connectivity index (χ0) is 19.0. The molecule has 1 N–H and O–H groups in total. The summed E-state index contributed by atoms with van der Waals surface area (Å²) in [6.45, 7) is 0. The predicted octanol–water partition coefficient (Wildman–Crippen LogP) is 3.77. The highest BCUT2D eigenvalue weighted by Gasteiger charge is 2.24. The number of benzene rings is 2. The highest BCUT2D eigenvalue weighted by Crippen LogP contribution is 2.30. The summed E-state index contributed by atoms with van der Waals surface area (Å²) in [6, 6.07) is 12.4. The summed E-state index contributed by atoms with van der Waals surface area (Å²) in [5.41, 5.74) is 1.91. The van der Waals surface area contributed by atoms with Gasteiger partial charge < -0.3 is 5.11 Å². The van der Waals surface area contributed by atoms with E-state index in [0.29, 0.717) is 31.9 Å². The second-order valence-corrected chi connectivity index (χ2v) is 7.72. The van der Waals surface area contributed by atoms with Gasteiger partial charge in [0.05, 0.1) is 5.52 Å². The molecular weight excluding hydrogens is 409 g/mol. The lowest BCUT2D eigenvalue weighted by Gasteiger charge is -2.13. The minimum Gasteiger partial charge on any atom is -0.480 e. The predicted molar refractivity (Wildman–Crippen MR) is 104 cm³/mol. The fourth-order valence-corrected chi connectivity index (χ4v) is 4.14. The summed E-state index contributed by atoms with van der Waals surface area (Å²) in [4.78, 5) is 16.4. The van der Waals surface area contributed by atoms with Gasteiger partial charge in [0, 0.05) is 15.4 Å². The Labute approximate surface area is 167 Å². The fourth-order valence-electron chi connectivity index (χ4n) is 2.66. The van der Waals surface area contributed by atoms with Crippen molar-refractivity contribution in [1.82, 2.24) is 25.0 Å². The molecule has 0 saturated carbocycles. The van der Waals surface area contributed by atoms with Gasteiger partial charge in [0.15, 0.2) is 10.8 Å². The molecule has 2 heterocycles. The molecule has 0 unspecified atom stereocenters. The maximum atomic E-state index is 11.8. The summed E-state index contributed by atoms with van der Waals surface area (Å²) in [7, 11) is 0. The molecule has 0 amide bonds. The monoisotopic (exact) mass is 419 g/mol. The molecular formula is C17H11Cl2N5O2S. The maximum absolute atomic E-state index is 11.8. The molecule has 0 aliphatic heterocycles. The largest absolute Gasteiger partial charge is 0.480 e. The van der Waals surface area contributed by atoms with Crippen LogP contribution in [-0.4, -0.2) is 41.4 Å². The molecule has 0 saturated heterocycles. The van der Waals surface area contributed by atoms with Gasteiger partial charge >= 0.3 is 5.97 Å². The van der Waals surface area contributed by atoms with Gasteiger partial charge in [-0.3, -0.25) is 4.79 Å². The molecule has 27 heavy (non-hydrogen) atoms. The molecule has 0 fully saturated rings. The molecule has 7 nitrogen and oxygen atoms in total. The van der Waals surface area contributed by atoms with Crippen LogP contribution < -0.4 is 0 Å². The van der Waals surface area contributed by atoms with Crippen LogP contribution in [0.2, 0.25) is 10.0 Å². The summed E-state index contributed by atoms with van der Waals surface area (Å²) in [6.07, 6.45) is 0.203. The molecule has 2 aromatic heterocycles. The van der Waals surface area contributed by atoms with Gasteiger partial charge in [0.25, 0.3) is 0 Å². The lowest BCUT2D eigenvalue weighted by atomic mass is 10.1. The average molecular weight is 420 g/mol. The lowest BCUT2D eigenvalue weighted by molar-refractivity contribution is -0.136. The maximum Gasteiger partial charge on any atom is 0.317 e. The van der Waals surface area contributed by atoms with Crippen LogP contribution in [0.4, 0.5) is 0 Å². The van der Waals surface area contributed by atoms with Crippen LogP contribution in [-0.2, 0) is 11.2 Å². The molecule has 0 spiro atoms. The molecule has 10 heteroatoms. The van der Waals surface area contributed by atoms with E-state index in [2.05, 4.69) is 20.5 Å². The molecule has 0 radical (unpaired) electrons. The summed E-state index contributed by atoms with van der Waals surface area (Å²) < 4.78 is 1.45. The van der Waals surface area contributed by atoms with Gasteiger partial charge in [-0.1, -0.05) is 53.2 Å². The minimum atomic E-state index is -0.984. The number of halogens is 2. The molecule has 0 bridgehead atoms. The number of carboxylic acids is 1. The number of para-hydroxylation sites is 1. The number of rotatable bonds is 5. The molecule has 0 aliphatic rings. The first kappa shape index (κ1) is 18.0. The number of nitrogens with zero attached hydrogens (tertiary/aromatic N) is 5. The molecule has 4 aromatic rings. The summed E-state index contributed by atoms with van der Waals surface area (Å²) in [5, 5.41) is 22.7. The minimum absolute atomic E-state index is 0.203. The van der Waals surface area contributed by atoms with Crippen LogP contribution in [0.1, 0.15) is 5.56 Å². The SMILES string of the molecule is O=C(O)[C@H](Cc1ccc(Cl)cc1Cl)Sc1nc2ccccc2c2nnnn12. The fraction of sp³-hybridized carbons (Fsp3) is 0.118. The highest BCUT2D eigenvalue weighted by molar-refractivity contribution is 8.00. The Morgan fingerprint density at radius 1 is 1.22 bits per heavy atom. The van der Waals surface area contributed by atoms with Crippen molar-refractivity contribution in [2.45, 2.75) is 16.8 Å². The van der Waals surface area contributed by atoms with E-state index in [0.717, 1.165) is 17.1 Å². The van der Waals surface area contributed by atoms with Gasteiger partial charge in [0.2, 0.25) is 0 Å². The van der Waals surface area contributed by atoms with Crippen molar-refractivity contribution < 1.29 is 9.90 Å². The Bertz CT molecular complexity index is 1170. The van der Waals surface area contributed by atoms with E-state index in [9.17, 15) is 9.90 Å². The van der Waals surface area contributed by atoms with Crippen LogP contribution in [0.15, 0.2) is 47.6 Å². The third-order valence-corrected chi connectivity index (χ3v) is 5.67. The van der Waals surface area contributed by atoms with Crippen molar-refractivity contribution in [3.05, 3.63) is 58.1 Å². The average Bonchev–Trinajstić information content (AvgIpc) is 3.13.